The van der Waals surface area contributed by atoms with Crippen LogP contribution in [0.4, 0.5) is 0 Å². The molecule has 0 aliphatic carbocycles. The van der Waals surface area contributed by atoms with Crippen LogP contribution in [-0.4, -0.2) is 0.564 Å². The van der Waals surface area contributed by atoms with E-state index in [1.165, 1.54) is 0 Å². The fraction of sp³-hybridized carbons (Fsp3) is 1.00. The van der Waals surface area contributed by atoms with Gasteiger partial charge in [-0.05, 0) is 5.54 Å². The van der Waals surface area contributed by atoms with Crippen LogP contribution in [0.15, 0.2) is 0 Å². The van der Waals surface area contributed by atoms with Crippen molar-refractivity contribution in [1.82, 2.24) is 0 Å². The Balaban J connectivity index is 3.54. The molecule has 0 aliphatic rings. The van der Waals surface area contributed by atoms with Gasteiger partial charge in [0.2, 0.25) is 0 Å². The molecule has 7 heavy (non-hydrogen) atoms. The first kappa shape index (κ1) is 9.41. The van der Waals surface area contributed by atoms with Crippen LogP contribution in [0.1, 0.15) is 13.8 Å². The minimum atomic E-state index is -0.825. The van der Waals surface area contributed by atoms with Crippen LogP contribution in [0.5, 0.6) is 0 Å². The van der Waals surface area contributed by atoms with Gasteiger partial charge < -0.3 is 0 Å². The van der Waals surface area contributed by atoms with Crippen LogP contribution in [-0.2, 0) is 0 Å². The summed E-state index contributed by atoms with van der Waals surface area (Å²) in [6.45, 7) is 4.58. The molecule has 0 saturated carbocycles. The largest absolute Gasteiger partial charge is 0.256 e. The molecule has 0 amide bonds. The second kappa shape index (κ2) is 3.54. The number of rotatable bonds is 1. The molecule has 0 heterocycles. The van der Waals surface area contributed by atoms with E-state index in [0.29, 0.717) is 0 Å². The van der Waals surface area contributed by atoms with Crippen molar-refractivity contribution in [2.24, 2.45) is 0 Å². The summed E-state index contributed by atoms with van der Waals surface area (Å²) in [5.41, 5.74) is 0.897. The van der Waals surface area contributed by atoms with Gasteiger partial charge in [0.1, 0.15) is 0 Å². The Morgan fingerprint density at radius 3 is 1.29 bits per heavy atom. The summed E-state index contributed by atoms with van der Waals surface area (Å²) < 4.78 is -0.825. The van der Waals surface area contributed by atoms with E-state index in [1.807, 2.05) is 0 Å². The van der Waals surface area contributed by atoms with Crippen molar-refractivity contribution in [3.8, 4) is 0 Å². The SMILES string of the molecule is CC(C)[Si](I)(I)I. The molecule has 0 rings (SSSR count). The van der Waals surface area contributed by atoms with Gasteiger partial charge in [-0.15, -0.1) is 0 Å². The summed E-state index contributed by atoms with van der Waals surface area (Å²) in [5, 5.41) is 0. The van der Waals surface area contributed by atoms with Crippen LogP contribution in [0.2, 0.25) is 5.54 Å². The highest BCUT2D eigenvalue weighted by atomic mass is 127. The van der Waals surface area contributed by atoms with Gasteiger partial charge in [0.15, 0.2) is 0 Å². The molecule has 0 fully saturated rings. The molecule has 0 aromatic rings. The van der Waals surface area contributed by atoms with Gasteiger partial charge in [-0.25, -0.2) is 0 Å². The minimum Gasteiger partial charge on any atom is -0.0907 e. The zero-order valence-corrected chi connectivity index (χ0v) is 11.7. The average Bonchev–Trinajstić information content (AvgIpc) is 1.31. The highest BCUT2D eigenvalue weighted by Crippen LogP contribution is 2.39. The summed E-state index contributed by atoms with van der Waals surface area (Å²) in [6, 6.07) is 0. The Morgan fingerprint density at radius 2 is 1.29 bits per heavy atom. The van der Waals surface area contributed by atoms with Gasteiger partial charge in [-0.1, -0.05) is 79.2 Å². The van der Waals surface area contributed by atoms with Crippen molar-refractivity contribution >= 4 is 66.0 Å². The summed E-state index contributed by atoms with van der Waals surface area (Å²) in [7, 11) is 0. The summed E-state index contributed by atoms with van der Waals surface area (Å²) in [5.74, 6) is 0. The van der Waals surface area contributed by atoms with E-state index in [4.69, 9.17) is 0 Å². The average molecular weight is 452 g/mol. The van der Waals surface area contributed by atoms with Crippen molar-refractivity contribution in [1.29, 1.82) is 0 Å². The fourth-order valence-corrected chi connectivity index (χ4v) is 0. The molecular weight excluding hydrogens is 445 g/mol. The first-order valence-corrected chi connectivity index (χ1v) is 13.4. The molecule has 0 N–H and O–H groups in total. The van der Waals surface area contributed by atoms with Gasteiger partial charge in [0.05, 0.1) is 0 Å². The van der Waals surface area contributed by atoms with Gasteiger partial charge in [-0.3, -0.25) is 0 Å². The van der Waals surface area contributed by atoms with E-state index in [2.05, 4.69) is 79.2 Å². The zero-order valence-electron chi connectivity index (χ0n) is 4.21. The molecule has 44 valence electrons. The molecular formula is C3H7I3Si. The third-order valence-electron chi connectivity index (χ3n) is 0.655. The van der Waals surface area contributed by atoms with Crippen LogP contribution in [0.25, 0.3) is 0 Å². The summed E-state index contributed by atoms with van der Waals surface area (Å²) in [6.07, 6.45) is 0. The molecule has 0 saturated heterocycles. The van der Waals surface area contributed by atoms with E-state index in [-0.39, 0.29) is 0 Å². The first-order chi connectivity index (χ1) is 2.94. The molecule has 0 aliphatic heterocycles. The zero-order chi connectivity index (χ0) is 6.08. The van der Waals surface area contributed by atoms with Crippen LogP contribution >= 0.6 is 65.4 Å². The van der Waals surface area contributed by atoms with E-state index in [9.17, 15) is 0 Å². The molecule has 0 radical (unpaired) electrons. The number of hydrogen-bond donors (Lipinski definition) is 0. The minimum absolute atomic E-state index is 0.825. The van der Waals surface area contributed by atoms with Crippen molar-refractivity contribution < 1.29 is 0 Å². The third kappa shape index (κ3) is 4.88. The Labute approximate surface area is 83.9 Å². The Morgan fingerprint density at radius 1 is 1.14 bits per heavy atom. The fourth-order valence-electron chi connectivity index (χ4n) is 0. The maximum Gasteiger partial charge on any atom is 0.256 e. The smallest absolute Gasteiger partial charge is 0.0907 e. The molecule has 0 aromatic carbocycles. The van der Waals surface area contributed by atoms with Gasteiger partial charge >= 0.3 is 0 Å². The molecule has 0 bridgehead atoms. The van der Waals surface area contributed by atoms with Gasteiger partial charge in [0, 0.05) is 0 Å². The molecule has 4 heteroatoms. The first-order valence-electron chi connectivity index (χ1n) is 2.01. The maximum atomic E-state index is 2.58. The van der Waals surface area contributed by atoms with Gasteiger partial charge in [-0.2, -0.15) is 0 Å². The third-order valence-corrected chi connectivity index (χ3v) is 13.2. The Hall–Kier alpha value is 2.41. The Bertz CT molecular complexity index is 55.7. The van der Waals surface area contributed by atoms with Crippen molar-refractivity contribution in [2.45, 2.75) is 19.4 Å². The molecule has 0 spiro atoms. The monoisotopic (exact) mass is 452 g/mol. The number of hydrogen-bond acceptors (Lipinski definition) is 0. The lowest BCUT2D eigenvalue weighted by molar-refractivity contribution is 1.07. The van der Waals surface area contributed by atoms with Crippen molar-refractivity contribution in [3.05, 3.63) is 0 Å². The van der Waals surface area contributed by atoms with Crippen LogP contribution in [0.3, 0.4) is 0 Å². The summed E-state index contributed by atoms with van der Waals surface area (Å²) >= 11 is 7.74. The van der Waals surface area contributed by atoms with Crippen molar-refractivity contribution in [2.75, 3.05) is 0 Å². The van der Waals surface area contributed by atoms with E-state index >= 15 is 0 Å². The topological polar surface area (TPSA) is 0 Å². The molecule has 0 aromatic heterocycles. The molecule has 0 atom stereocenters. The number of halogens is 3. The van der Waals surface area contributed by atoms with Crippen LogP contribution in [0, 0.1) is 0 Å². The quantitative estimate of drug-likeness (QED) is 0.324. The summed E-state index contributed by atoms with van der Waals surface area (Å²) in [4.78, 5) is 0. The van der Waals surface area contributed by atoms with Gasteiger partial charge in [0.25, 0.3) is 0.564 Å². The lowest BCUT2D eigenvalue weighted by Crippen LogP contribution is -2.09. The normalized spacial score (nSPS) is 12.9. The standard InChI is InChI=1S/C3H7I3Si/c1-3(2)7(4,5)6/h3H,1-2H3. The lowest BCUT2D eigenvalue weighted by Gasteiger charge is -2.12. The van der Waals surface area contributed by atoms with Crippen molar-refractivity contribution in [3.63, 3.8) is 0 Å². The highest BCUT2D eigenvalue weighted by molar-refractivity contribution is 14.4. The predicted molar refractivity (Wildman–Crippen MR) is 62.9 cm³/mol. The van der Waals surface area contributed by atoms with E-state index in [1.54, 1.807) is 0 Å². The molecule has 0 nitrogen and oxygen atoms in total. The Kier molecular flexibility index (Phi) is 4.76. The highest BCUT2D eigenvalue weighted by Gasteiger charge is 2.25. The second-order valence-electron chi connectivity index (χ2n) is 1.70. The van der Waals surface area contributed by atoms with E-state index in [0.717, 1.165) is 5.54 Å². The maximum absolute atomic E-state index is 2.58. The molecule has 0 unspecified atom stereocenters. The van der Waals surface area contributed by atoms with E-state index < -0.39 is 0.564 Å². The van der Waals surface area contributed by atoms with Crippen LogP contribution < -0.4 is 0 Å². The second-order valence-corrected chi connectivity index (χ2v) is 37.8. The lowest BCUT2D eigenvalue weighted by atomic mass is 10.6. The predicted octanol–water partition coefficient (Wildman–Crippen LogP) is 3.64.